The van der Waals surface area contributed by atoms with Crippen LogP contribution < -0.4 is 10.1 Å². The zero-order chi connectivity index (χ0) is 24.4. The summed E-state index contributed by atoms with van der Waals surface area (Å²) < 4.78 is 5.75. The molecule has 0 aromatic heterocycles. The van der Waals surface area contributed by atoms with Gasteiger partial charge in [0.25, 0.3) is 5.91 Å². The number of ether oxygens (including phenoxy) is 1. The van der Waals surface area contributed by atoms with Gasteiger partial charge in [0.2, 0.25) is 5.91 Å². The molecule has 176 valence electrons. The van der Waals surface area contributed by atoms with Crippen molar-refractivity contribution in [1.82, 2.24) is 4.90 Å². The summed E-state index contributed by atoms with van der Waals surface area (Å²) in [4.78, 5) is 28.2. The first-order valence-corrected chi connectivity index (χ1v) is 11.8. The Balaban J connectivity index is 1.67. The summed E-state index contributed by atoms with van der Waals surface area (Å²) >= 11 is 6.11. The molecule has 1 saturated heterocycles. The van der Waals surface area contributed by atoms with Crippen molar-refractivity contribution < 1.29 is 14.3 Å². The van der Waals surface area contributed by atoms with Crippen molar-refractivity contribution in [1.29, 1.82) is 0 Å². The number of para-hydroxylation sites is 1. The smallest absolute Gasteiger partial charge is 0.251 e. The van der Waals surface area contributed by atoms with Crippen LogP contribution >= 0.6 is 11.6 Å². The normalized spacial score (nSPS) is 16.2. The Bertz CT molecular complexity index is 1170. The Hall–Kier alpha value is -3.31. The molecule has 0 spiro atoms. The number of hydrogen-bond donors (Lipinski definition) is 1. The number of likely N-dealkylation sites (tertiary alicyclic amines) is 1. The highest BCUT2D eigenvalue weighted by atomic mass is 35.5. The number of halogens is 1. The molecule has 0 saturated carbocycles. The maximum atomic E-state index is 13.7. The van der Waals surface area contributed by atoms with Gasteiger partial charge < -0.3 is 15.0 Å². The molecule has 3 aromatic carbocycles. The molecular formula is C28H29ClN2O3. The lowest BCUT2D eigenvalue weighted by Crippen LogP contribution is -2.51. The fraction of sp³-hybridized carbons (Fsp3) is 0.286. The third-order valence-corrected chi connectivity index (χ3v) is 6.32. The van der Waals surface area contributed by atoms with Gasteiger partial charge in [-0.3, -0.25) is 9.59 Å². The van der Waals surface area contributed by atoms with Crippen LogP contribution in [0.3, 0.4) is 0 Å². The van der Waals surface area contributed by atoms with Gasteiger partial charge >= 0.3 is 0 Å². The van der Waals surface area contributed by atoms with E-state index in [9.17, 15) is 9.59 Å². The first kappa shape index (κ1) is 23.8. The van der Waals surface area contributed by atoms with Crippen molar-refractivity contribution in [2.45, 2.75) is 52.3 Å². The molecule has 1 heterocycles. The van der Waals surface area contributed by atoms with E-state index in [1.807, 2.05) is 70.2 Å². The van der Waals surface area contributed by atoms with Crippen molar-refractivity contribution in [2.24, 2.45) is 0 Å². The highest BCUT2D eigenvalue weighted by Crippen LogP contribution is 2.42. The van der Waals surface area contributed by atoms with Gasteiger partial charge in [0.1, 0.15) is 11.8 Å². The summed E-state index contributed by atoms with van der Waals surface area (Å²) in [5.41, 5.74) is 4.39. The molecule has 0 aliphatic carbocycles. The highest BCUT2D eigenvalue weighted by Gasteiger charge is 2.45. The number of aryl methyl sites for hydroxylation is 2. The van der Waals surface area contributed by atoms with Crippen LogP contribution in [0.1, 0.15) is 54.6 Å². The predicted octanol–water partition coefficient (Wildman–Crippen LogP) is 6.40. The third kappa shape index (κ3) is 4.95. The van der Waals surface area contributed by atoms with Crippen molar-refractivity contribution >= 4 is 29.1 Å². The fourth-order valence-corrected chi connectivity index (χ4v) is 4.49. The van der Waals surface area contributed by atoms with E-state index in [1.54, 1.807) is 29.2 Å². The Morgan fingerprint density at radius 3 is 2.18 bits per heavy atom. The standard InChI is InChI=1S/C28H29ClN2O3/c1-17(2)34-23-14-10-20(11-15-23)24-16-25(32)31(24)27(21-8-12-22(29)13-9-21)28(33)30-26-18(3)6-5-7-19(26)4/h5-15,17,24,27H,16H2,1-4H3,(H,30,33). The van der Waals surface area contributed by atoms with Crippen LogP contribution in [0.15, 0.2) is 66.7 Å². The van der Waals surface area contributed by atoms with Gasteiger partial charge in [-0.05, 0) is 74.2 Å². The van der Waals surface area contributed by atoms with Gasteiger partial charge in [0, 0.05) is 10.7 Å². The van der Waals surface area contributed by atoms with Gasteiger partial charge in [-0.25, -0.2) is 0 Å². The molecule has 0 radical (unpaired) electrons. The molecule has 3 aromatic rings. The minimum atomic E-state index is -0.783. The van der Waals surface area contributed by atoms with Gasteiger partial charge in [0.15, 0.2) is 0 Å². The number of carbonyl (C=O) groups is 2. The summed E-state index contributed by atoms with van der Waals surface area (Å²) in [7, 11) is 0. The van der Waals surface area contributed by atoms with Gasteiger partial charge in [-0.2, -0.15) is 0 Å². The number of rotatable bonds is 7. The van der Waals surface area contributed by atoms with E-state index in [4.69, 9.17) is 16.3 Å². The SMILES string of the molecule is Cc1cccc(C)c1NC(=O)C(c1ccc(Cl)cc1)N1C(=O)CC1c1ccc(OC(C)C)cc1. The van der Waals surface area contributed by atoms with Gasteiger partial charge in [-0.1, -0.05) is 54.1 Å². The van der Waals surface area contributed by atoms with Crippen molar-refractivity contribution in [2.75, 3.05) is 5.32 Å². The lowest BCUT2D eigenvalue weighted by Gasteiger charge is -2.45. The fourth-order valence-electron chi connectivity index (χ4n) is 4.36. The predicted molar refractivity (Wildman–Crippen MR) is 135 cm³/mol. The lowest BCUT2D eigenvalue weighted by molar-refractivity contribution is -0.154. The van der Waals surface area contributed by atoms with E-state index in [0.717, 1.165) is 28.1 Å². The topological polar surface area (TPSA) is 58.6 Å². The second-order valence-corrected chi connectivity index (χ2v) is 9.40. The van der Waals surface area contributed by atoms with Crippen molar-refractivity contribution in [3.63, 3.8) is 0 Å². The molecule has 1 fully saturated rings. The Morgan fingerprint density at radius 1 is 1.00 bits per heavy atom. The van der Waals surface area contributed by atoms with E-state index in [0.29, 0.717) is 17.0 Å². The molecule has 2 amide bonds. The second-order valence-electron chi connectivity index (χ2n) is 8.97. The Kier molecular flexibility index (Phi) is 6.94. The molecule has 2 unspecified atom stereocenters. The van der Waals surface area contributed by atoms with E-state index < -0.39 is 6.04 Å². The first-order chi connectivity index (χ1) is 16.2. The van der Waals surface area contributed by atoms with Gasteiger partial charge in [-0.15, -0.1) is 0 Å². The van der Waals surface area contributed by atoms with E-state index in [1.165, 1.54) is 0 Å². The van der Waals surface area contributed by atoms with Crippen LogP contribution in [0.2, 0.25) is 5.02 Å². The molecule has 34 heavy (non-hydrogen) atoms. The minimum absolute atomic E-state index is 0.0656. The summed E-state index contributed by atoms with van der Waals surface area (Å²) in [6, 6.07) is 19.7. The van der Waals surface area contributed by atoms with Crippen LogP contribution in [-0.2, 0) is 9.59 Å². The molecule has 1 aliphatic heterocycles. The quantitative estimate of drug-likeness (QED) is 0.401. The van der Waals surface area contributed by atoms with Crippen molar-refractivity contribution in [3.05, 3.63) is 94.0 Å². The maximum Gasteiger partial charge on any atom is 0.251 e. The molecule has 5 nitrogen and oxygen atoms in total. The molecule has 1 aliphatic rings. The van der Waals surface area contributed by atoms with E-state index in [-0.39, 0.29) is 24.0 Å². The molecule has 6 heteroatoms. The number of benzene rings is 3. The number of nitrogens with one attached hydrogen (secondary N) is 1. The molecular weight excluding hydrogens is 448 g/mol. The van der Waals surface area contributed by atoms with E-state index >= 15 is 0 Å². The van der Waals surface area contributed by atoms with Crippen LogP contribution in [0.4, 0.5) is 5.69 Å². The molecule has 1 N–H and O–H groups in total. The Morgan fingerprint density at radius 2 is 1.62 bits per heavy atom. The van der Waals surface area contributed by atoms with E-state index in [2.05, 4.69) is 5.32 Å². The van der Waals surface area contributed by atoms with Crippen LogP contribution in [0.5, 0.6) is 5.75 Å². The molecule has 2 atom stereocenters. The summed E-state index contributed by atoms with van der Waals surface area (Å²) in [6.07, 6.45) is 0.432. The summed E-state index contributed by atoms with van der Waals surface area (Å²) in [6.45, 7) is 7.87. The molecule has 4 rings (SSSR count). The average molecular weight is 477 g/mol. The number of anilines is 1. The lowest BCUT2D eigenvalue weighted by atomic mass is 9.89. The zero-order valence-corrected chi connectivity index (χ0v) is 20.6. The van der Waals surface area contributed by atoms with Crippen LogP contribution in [-0.4, -0.2) is 22.8 Å². The average Bonchev–Trinajstić information content (AvgIpc) is 2.79. The number of β-lactam (4-membered cyclic amide) rings is 1. The summed E-state index contributed by atoms with van der Waals surface area (Å²) in [5.74, 6) is 0.458. The van der Waals surface area contributed by atoms with Crippen LogP contribution in [0, 0.1) is 13.8 Å². The third-order valence-electron chi connectivity index (χ3n) is 6.07. The monoisotopic (exact) mass is 476 g/mol. The minimum Gasteiger partial charge on any atom is -0.491 e. The van der Waals surface area contributed by atoms with Crippen molar-refractivity contribution in [3.8, 4) is 5.75 Å². The first-order valence-electron chi connectivity index (χ1n) is 11.4. The number of carbonyl (C=O) groups excluding carboxylic acids is 2. The van der Waals surface area contributed by atoms with Gasteiger partial charge in [0.05, 0.1) is 18.6 Å². The summed E-state index contributed by atoms with van der Waals surface area (Å²) in [5, 5.41) is 3.65. The van der Waals surface area contributed by atoms with Crippen LogP contribution in [0.25, 0.3) is 0 Å². The Labute approximate surface area is 205 Å². The zero-order valence-electron chi connectivity index (χ0n) is 19.8. The largest absolute Gasteiger partial charge is 0.491 e. The number of nitrogens with zero attached hydrogens (tertiary/aromatic N) is 1. The number of amides is 2. The second kappa shape index (κ2) is 9.90. The molecule has 0 bridgehead atoms. The number of hydrogen-bond acceptors (Lipinski definition) is 3. The maximum absolute atomic E-state index is 13.7. The highest BCUT2D eigenvalue weighted by molar-refractivity contribution is 6.30.